The van der Waals surface area contributed by atoms with Crippen LogP contribution in [-0.2, 0) is 28.7 Å². The number of hydrogen-bond donors (Lipinski definition) is 2. The Hall–Kier alpha value is -4.08. The van der Waals surface area contributed by atoms with Crippen molar-refractivity contribution in [2.75, 3.05) is 13.1 Å². The number of nitrogens with two attached hydrogens (primary N) is 2. The first-order valence-corrected chi connectivity index (χ1v) is 18.7. The molecule has 0 aliphatic heterocycles. The van der Waals surface area contributed by atoms with Crippen LogP contribution >= 0.6 is 24.8 Å². The standard InChI is InChI=1S/C46H62N2O6.2ClH/c1-31(17-13-19-33(3)21-23-37-35(5)43(51)39(29-45(37,7)8)53-41(49)25-27-47)15-11-12-16-32(2)18-14-20-34(4)22-24-38-36(6)44(52)40(30-46(38,9)10)54-42(50)26-28-48;;/h11-24,39-40H,25-30,47-48H2,1-10H3;2*1H/b12-11+,17-13+,18-14+,23-21+,24-22+,31-15+,32-16+,33-19+,34-20+;;. The quantitative estimate of drug-likeness (QED) is 0.116. The molecule has 0 heterocycles. The lowest BCUT2D eigenvalue weighted by atomic mass is 9.71. The van der Waals surface area contributed by atoms with Gasteiger partial charge >= 0.3 is 11.9 Å². The van der Waals surface area contributed by atoms with Crippen LogP contribution in [0.3, 0.4) is 0 Å². The Morgan fingerprint density at radius 1 is 0.589 bits per heavy atom. The number of carbonyl (C=O) groups excluding carboxylic acids is 4. The van der Waals surface area contributed by atoms with Gasteiger partial charge in [-0.25, -0.2) is 0 Å². The molecule has 0 radical (unpaired) electrons. The second kappa shape index (κ2) is 24.5. The fraction of sp³-hybridized carbons (Fsp3) is 0.435. The number of Topliss-reactive ketones (excluding diaryl/α,β-unsaturated/α-hetero) is 2. The van der Waals surface area contributed by atoms with Gasteiger partial charge in [0.1, 0.15) is 0 Å². The summed E-state index contributed by atoms with van der Waals surface area (Å²) in [5, 5.41) is 0. The molecule has 0 bridgehead atoms. The third-order valence-electron chi connectivity index (χ3n) is 9.52. The average molecular weight is 812 g/mol. The van der Waals surface area contributed by atoms with Gasteiger partial charge in [-0.2, -0.15) is 0 Å². The molecule has 308 valence electrons. The van der Waals surface area contributed by atoms with Crippen molar-refractivity contribution in [1.82, 2.24) is 0 Å². The minimum atomic E-state index is -0.771. The summed E-state index contributed by atoms with van der Waals surface area (Å²) in [5.74, 6) is -1.18. The van der Waals surface area contributed by atoms with E-state index < -0.39 is 24.1 Å². The van der Waals surface area contributed by atoms with E-state index in [2.05, 4.69) is 27.7 Å². The zero-order chi connectivity index (χ0) is 40.6. The van der Waals surface area contributed by atoms with Crippen molar-refractivity contribution in [2.45, 2.75) is 107 Å². The van der Waals surface area contributed by atoms with Gasteiger partial charge in [0.05, 0.1) is 12.8 Å². The molecule has 4 N–H and O–H groups in total. The monoisotopic (exact) mass is 810 g/mol. The van der Waals surface area contributed by atoms with Crippen LogP contribution in [0.4, 0.5) is 0 Å². The fourth-order valence-electron chi connectivity index (χ4n) is 6.43. The van der Waals surface area contributed by atoms with E-state index in [4.69, 9.17) is 20.9 Å². The van der Waals surface area contributed by atoms with Crippen LogP contribution in [0.2, 0.25) is 0 Å². The zero-order valence-corrected chi connectivity index (χ0v) is 36.5. The van der Waals surface area contributed by atoms with Gasteiger partial charge in [-0.1, -0.05) is 135 Å². The Bertz CT molecular complexity index is 1650. The summed E-state index contributed by atoms with van der Waals surface area (Å²) in [5.41, 5.74) is 17.6. The van der Waals surface area contributed by atoms with Crippen molar-refractivity contribution >= 4 is 48.3 Å². The number of hydrogen-bond acceptors (Lipinski definition) is 8. The molecule has 2 aliphatic carbocycles. The molecule has 0 aromatic rings. The van der Waals surface area contributed by atoms with E-state index >= 15 is 0 Å². The van der Waals surface area contributed by atoms with E-state index in [1.165, 1.54) is 0 Å². The predicted molar refractivity (Wildman–Crippen MR) is 235 cm³/mol. The normalized spacial score (nSPS) is 21.1. The highest BCUT2D eigenvalue weighted by Gasteiger charge is 2.41. The van der Waals surface area contributed by atoms with E-state index in [9.17, 15) is 19.2 Å². The van der Waals surface area contributed by atoms with Crippen LogP contribution in [0.25, 0.3) is 0 Å². The maximum atomic E-state index is 12.9. The largest absolute Gasteiger partial charge is 0.454 e. The summed E-state index contributed by atoms with van der Waals surface area (Å²) in [6.07, 6.45) is 27.7. The summed E-state index contributed by atoms with van der Waals surface area (Å²) in [6.45, 7) is 20.3. The maximum Gasteiger partial charge on any atom is 0.307 e. The Morgan fingerprint density at radius 2 is 0.893 bits per heavy atom. The molecule has 2 atom stereocenters. The van der Waals surface area contributed by atoms with E-state index in [1.807, 2.05) is 113 Å². The highest BCUT2D eigenvalue weighted by atomic mass is 35.5. The molecule has 0 amide bonds. The molecule has 2 aliphatic rings. The summed E-state index contributed by atoms with van der Waals surface area (Å²) in [4.78, 5) is 49.8. The lowest BCUT2D eigenvalue weighted by Crippen LogP contribution is -2.39. The third-order valence-corrected chi connectivity index (χ3v) is 9.52. The van der Waals surface area contributed by atoms with Gasteiger partial charge in [0, 0.05) is 25.9 Å². The Kier molecular flexibility index (Phi) is 22.7. The van der Waals surface area contributed by atoms with Crippen molar-refractivity contribution in [2.24, 2.45) is 22.3 Å². The summed E-state index contributed by atoms with van der Waals surface area (Å²) >= 11 is 0. The topological polar surface area (TPSA) is 139 Å². The number of ether oxygens (including phenoxy) is 2. The molecule has 0 spiro atoms. The summed E-state index contributed by atoms with van der Waals surface area (Å²) in [6, 6.07) is 0. The van der Waals surface area contributed by atoms with Gasteiger partial charge in [-0.05, 0) is 74.7 Å². The second-order valence-electron chi connectivity index (χ2n) is 15.4. The lowest BCUT2D eigenvalue weighted by Gasteiger charge is -2.36. The van der Waals surface area contributed by atoms with E-state index in [1.54, 1.807) is 13.8 Å². The third kappa shape index (κ3) is 16.6. The van der Waals surface area contributed by atoms with Gasteiger partial charge in [-0.3, -0.25) is 19.2 Å². The smallest absolute Gasteiger partial charge is 0.307 e. The van der Waals surface area contributed by atoms with Gasteiger partial charge < -0.3 is 20.9 Å². The number of allylic oxidation sites excluding steroid dienone is 20. The number of esters is 2. The van der Waals surface area contributed by atoms with E-state index in [-0.39, 0.29) is 73.1 Å². The number of ketones is 2. The summed E-state index contributed by atoms with van der Waals surface area (Å²) in [7, 11) is 0. The molecule has 56 heavy (non-hydrogen) atoms. The van der Waals surface area contributed by atoms with Crippen molar-refractivity contribution in [1.29, 1.82) is 0 Å². The molecule has 0 aromatic carbocycles. The molecule has 0 saturated heterocycles. The van der Waals surface area contributed by atoms with Crippen molar-refractivity contribution in [3.63, 3.8) is 0 Å². The van der Waals surface area contributed by atoms with Gasteiger partial charge in [-0.15, -0.1) is 24.8 Å². The first kappa shape index (κ1) is 51.9. The molecule has 8 nitrogen and oxygen atoms in total. The Morgan fingerprint density at radius 3 is 1.21 bits per heavy atom. The maximum absolute atomic E-state index is 12.9. The van der Waals surface area contributed by atoms with Gasteiger partial charge in [0.25, 0.3) is 0 Å². The number of rotatable bonds is 16. The SMILES string of the molecule is CC1=C(/C=C/C(C)=C/C=C/C(C)=C/C=C/C=C(C)/C=C/C=C(C)/C=C/C2=C(C)C(=O)C(OC(=O)CCN)CC2(C)C)C(C)(C)CC(OC(=O)CCN)C1=O.Cl.Cl. The molecule has 2 rings (SSSR count). The van der Waals surface area contributed by atoms with E-state index in [0.29, 0.717) is 24.0 Å². The molecule has 2 unspecified atom stereocenters. The fourth-order valence-corrected chi connectivity index (χ4v) is 6.43. The second-order valence-corrected chi connectivity index (χ2v) is 15.4. The van der Waals surface area contributed by atoms with Crippen LogP contribution in [0.15, 0.2) is 130 Å². The predicted octanol–water partition coefficient (Wildman–Crippen LogP) is 9.55. The highest BCUT2D eigenvalue weighted by Crippen LogP contribution is 2.42. The molecule has 10 heteroatoms. The Labute approximate surface area is 347 Å². The molecule has 0 saturated carbocycles. The lowest BCUT2D eigenvalue weighted by molar-refractivity contribution is -0.156. The van der Waals surface area contributed by atoms with Crippen LogP contribution in [0.5, 0.6) is 0 Å². The summed E-state index contributed by atoms with van der Waals surface area (Å²) < 4.78 is 10.9. The van der Waals surface area contributed by atoms with Crippen LogP contribution in [0.1, 0.15) is 94.9 Å². The van der Waals surface area contributed by atoms with Gasteiger partial charge in [0.2, 0.25) is 0 Å². The minimum absolute atomic E-state index is 0. The molecule has 0 fully saturated rings. The van der Waals surface area contributed by atoms with Gasteiger partial charge in [0.15, 0.2) is 23.8 Å². The minimum Gasteiger partial charge on any atom is -0.454 e. The van der Waals surface area contributed by atoms with Crippen LogP contribution in [0, 0.1) is 10.8 Å². The van der Waals surface area contributed by atoms with E-state index in [0.717, 1.165) is 33.4 Å². The average Bonchev–Trinajstić information content (AvgIpc) is 3.07. The molecule has 0 aromatic heterocycles. The number of halogens is 2. The van der Waals surface area contributed by atoms with Crippen LogP contribution < -0.4 is 11.5 Å². The highest BCUT2D eigenvalue weighted by molar-refractivity contribution is 6.02. The van der Waals surface area contributed by atoms with Crippen LogP contribution in [-0.4, -0.2) is 48.8 Å². The number of carbonyl (C=O) groups is 4. The van der Waals surface area contributed by atoms with Crippen molar-refractivity contribution < 1.29 is 28.7 Å². The zero-order valence-electron chi connectivity index (χ0n) is 34.9. The first-order valence-electron chi connectivity index (χ1n) is 18.7. The van der Waals surface area contributed by atoms with Crippen molar-refractivity contribution in [3.8, 4) is 0 Å². The molecular weight excluding hydrogens is 747 g/mol. The Balaban J connectivity index is 0.0000151. The first-order chi connectivity index (χ1) is 25.3. The molecular formula is C46H64Cl2N2O6. The van der Waals surface area contributed by atoms with Crippen molar-refractivity contribution in [3.05, 3.63) is 130 Å².